The van der Waals surface area contributed by atoms with Crippen LogP contribution in [0.5, 0.6) is 0 Å². The normalized spacial score (nSPS) is 22.2. The molecule has 1 unspecified atom stereocenters. The average Bonchev–Trinajstić information content (AvgIpc) is 2.55. The number of carbonyl (C=O) groups excluding carboxylic acids is 1. The van der Waals surface area contributed by atoms with Gasteiger partial charge in [-0.1, -0.05) is 18.6 Å². The lowest BCUT2D eigenvalue weighted by Crippen LogP contribution is -2.52. The van der Waals surface area contributed by atoms with E-state index in [-0.39, 0.29) is 23.1 Å². The van der Waals surface area contributed by atoms with Crippen LogP contribution in [0.4, 0.5) is 4.39 Å². The third-order valence-electron chi connectivity index (χ3n) is 5.44. The molecule has 3 N–H and O–H groups in total. The zero-order valence-corrected chi connectivity index (χ0v) is 13.4. The van der Waals surface area contributed by atoms with Crippen molar-refractivity contribution >= 4 is 5.91 Å². The maximum Gasteiger partial charge on any atom is 0.237 e. The Morgan fingerprint density at radius 3 is 2.52 bits per heavy atom. The van der Waals surface area contributed by atoms with Crippen molar-refractivity contribution in [3.63, 3.8) is 0 Å². The summed E-state index contributed by atoms with van der Waals surface area (Å²) < 4.78 is 18.4. The number of nitrogens with two attached hydrogens (primary N) is 1. The second-order valence-corrected chi connectivity index (χ2v) is 6.83. The van der Waals surface area contributed by atoms with Crippen molar-refractivity contribution < 1.29 is 13.9 Å². The molecule has 2 fully saturated rings. The SMILES string of the molecule is NC(C(=O)NCC1(c2ccc(F)cc2)CCC1)C1CCOCC1. The number of ether oxygens (including phenoxy) is 1. The van der Waals surface area contributed by atoms with E-state index in [1.165, 1.54) is 12.1 Å². The van der Waals surface area contributed by atoms with Crippen LogP contribution in [0.15, 0.2) is 24.3 Å². The monoisotopic (exact) mass is 320 g/mol. The fourth-order valence-electron chi connectivity index (χ4n) is 3.64. The van der Waals surface area contributed by atoms with Crippen molar-refractivity contribution in [1.82, 2.24) is 5.32 Å². The van der Waals surface area contributed by atoms with Gasteiger partial charge in [0.2, 0.25) is 5.91 Å². The van der Waals surface area contributed by atoms with Crippen molar-refractivity contribution in [3.05, 3.63) is 35.6 Å². The van der Waals surface area contributed by atoms with E-state index in [9.17, 15) is 9.18 Å². The number of hydrogen-bond donors (Lipinski definition) is 2. The summed E-state index contributed by atoms with van der Waals surface area (Å²) in [6.45, 7) is 1.95. The summed E-state index contributed by atoms with van der Waals surface area (Å²) in [6, 6.07) is 6.18. The van der Waals surface area contributed by atoms with E-state index in [0.717, 1.165) is 37.7 Å². The Balaban J connectivity index is 1.59. The van der Waals surface area contributed by atoms with Gasteiger partial charge in [0, 0.05) is 25.2 Å². The molecule has 2 aliphatic rings. The third-order valence-corrected chi connectivity index (χ3v) is 5.44. The maximum atomic E-state index is 13.1. The molecule has 0 spiro atoms. The summed E-state index contributed by atoms with van der Waals surface area (Å²) in [4.78, 5) is 12.4. The molecule has 1 saturated heterocycles. The molecule has 1 heterocycles. The molecular formula is C18H25FN2O2. The molecule has 0 aromatic heterocycles. The van der Waals surface area contributed by atoms with Gasteiger partial charge < -0.3 is 15.8 Å². The lowest BCUT2D eigenvalue weighted by atomic mass is 9.64. The maximum absolute atomic E-state index is 13.1. The van der Waals surface area contributed by atoms with Crippen LogP contribution in [0.1, 0.15) is 37.7 Å². The summed E-state index contributed by atoms with van der Waals surface area (Å²) in [5.74, 6) is -0.106. The van der Waals surface area contributed by atoms with E-state index in [2.05, 4.69) is 5.32 Å². The molecule has 1 aromatic carbocycles. The van der Waals surface area contributed by atoms with E-state index in [4.69, 9.17) is 10.5 Å². The first-order chi connectivity index (χ1) is 11.1. The van der Waals surface area contributed by atoms with Crippen LogP contribution < -0.4 is 11.1 Å². The topological polar surface area (TPSA) is 64.4 Å². The summed E-state index contributed by atoms with van der Waals surface area (Å²) >= 11 is 0. The highest BCUT2D eigenvalue weighted by Gasteiger charge is 2.39. The molecule has 0 bridgehead atoms. The number of hydrogen-bond acceptors (Lipinski definition) is 3. The quantitative estimate of drug-likeness (QED) is 0.873. The zero-order chi connectivity index (χ0) is 16.3. The van der Waals surface area contributed by atoms with Crippen LogP contribution in [-0.2, 0) is 14.9 Å². The number of halogens is 1. The first-order valence-electron chi connectivity index (χ1n) is 8.48. The number of nitrogens with one attached hydrogen (secondary N) is 1. The fourth-order valence-corrected chi connectivity index (χ4v) is 3.64. The smallest absolute Gasteiger partial charge is 0.237 e. The molecule has 23 heavy (non-hydrogen) atoms. The average molecular weight is 320 g/mol. The van der Waals surface area contributed by atoms with Crippen LogP contribution in [0, 0.1) is 11.7 Å². The van der Waals surface area contributed by atoms with Gasteiger partial charge in [-0.05, 0) is 49.3 Å². The van der Waals surface area contributed by atoms with Crippen LogP contribution in [-0.4, -0.2) is 31.7 Å². The van der Waals surface area contributed by atoms with Gasteiger partial charge in [0.15, 0.2) is 0 Å². The molecule has 1 aromatic rings. The number of carbonyl (C=O) groups is 1. The minimum Gasteiger partial charge on any atom is -0.381 e. The second-order valence-electron chi connectivity index (χ2n) is 6.83. The predicted molar refractivity (Wildman–Crippen MR) is 86.5 cm³/mol. The van der Waals surface area contributed by atoms with Crippen molar-refractivity contribution in [1.29, 1.82) is 0 Å². The number of amides is 1. The molecule has 1 saturated carbocycles. The molecular weight excluding hydrogens is 295 g/mol. The lowest BCUT2D eigenvalue weighted by Gasteiger charge is -2.43. The minimum atomic E-state index is -0.468. The van der Waals surface area contributed by atoms with Gasteiger partial charge in [-0.3, -0.25) is 4.79 Å². The van der Waals surface area contributed by atoms with Gasteiger partial charge in [0.25, 0.3) is 0 Å². The summed E-state index contributed by atoms with van der Waals surface area (Å²) in [6.07, 6.45) is 4.87. The second kappa shape index (κ2) is 6.97. The highest BCUT2D eigenvalue weighted by molar-refractivity contribution is 5.82. The molecule has 4 nitrogen and oxygen atoms in total. The molecule has 1 amide bonds. The fraction of sp³-hybridized carbons (Fsp3) is 0.611. The number of rotatable bonds is 5. The van der Waals surface area contributed by atoms with Crippen molar-refractivity contribution in [3.8, 4) is 0 Å². The molecule has 3 rings (SSSR count). The van der Waals surface area contributed by atoms with Crippen molar-refractivity contribution in [2.75, 3.05) is 19.8 Å². The standard InChI is InChI=1S/C18H25FN2O2/c19-15-4-2-14(3-5-15)18(8-1-9-18)12-21-17(22)16(20)13-6-10-23-11-7-13/h2-5,13,16H,1,6-12,20H2,(H,21,22). The van der Waals surface area contributed by atoms with E-state index < -0.39 is 6.04 Å². The molecule has 1 aliphatic heterocycles. The predicted octanol–water partition coefficient (Wildman–Crippen LogP) is 2.12. The molecule has 126 valence electrons. The Labute approximate surface area is 136 Å². The highest BCUT2D eigenvalue weighted by Crippen LogP contribution is 2.43. The van der Waals surface area contributed by atoms with Crippen LogP contribution in [0.2, 0.25) is 0 Å². The first kappa shape index (κ1) is 16.4. The Hall–Kier alpha value is -1.46. The molecule has 0 radical (unpaired) electrons. The largest absolute Gasteiger partial charge is 0.381 e. The van der Waals surface area contributed by atoms with Crippen LogP contribution in [0.25, 0.3) is 0 Å². The summed E-state index contributed by atoms with van der Waals surface area (Å²) in [7, 11) is 0. The Bertz CT molecular complexity index is 536. The minimum absolute atomic E-state index is 0.0568. The Morgan fingerprint density at radius 1 is 1.30 bits per heavy atom. The van der Waals surface area contributed by atoms with E-state index in [1.807, 2.05) is 12.1 Å². The highest BCUT2D eigenvalue weighted by atomic mass is 19.1. The van der Waals surface area contributed by atoms with Crippen molar-refractivity contribution in [2.24, 2.45) is 11.7 Å². The summed E-state index contributed by atoms with van der Waals surface area (Å²) in [5, 5.41) is 3.04. The van der Waals surface area contributed by atoms with Gasteiger partial charge in [-0.25, -0.2) is 4.39 Å². The molecule has 1 atom stereocenters. The van der Waals surface area contributed by atoms with Gasteiger partial charge in [0.1, 0.15) is 5.82 Å². The van der Waals surface area contributed by atoms with Gasteiger partial charge in [-0.2, -0.15) is 0 Å². The van der Waals surface area contributed by atoms with Gasteiger partial charge in [0.05, 0.1) is 6.04 Å². The first-order valence-corrected chi connectivity index (χ1v) is 8.48. The van der Waals surface area contributed by atoms with E-state index >= 15 is 0 Å². The Morgan fingerprint density at radius 2 is 1.96 bits per heavy atom. The third kappa shape index (κ3) is 3.56. The number of benzene rings is 1. The molecule has 5 heteroatoms. The lowest BCUT2D eigenvalue weighted by molar-refractivity contribution is -0.124. The van der Waals surface area contributed by atoms with E-state index in [0.29, 0.717) is 19.8 Å². The Kier molecular flexibility index (Phi) is 4.97. The van der Waals surface area contributed by atoms with Crippen LogP contribution >= 0.6 is 0 Å². The van der Waals surface area contributed by atoms with E-state index in [1.54, 1.807) is 0 Å². The summed E-state index contributed by atoms with van der Waals surface area (Å²) in [5.41, 5.74) is 7.17. The van der Waals surface area contributed by atoms with Gasteiger partial charge in [-0.15, -0.1) is 0 Å². The van der Waals surface area contributed by atoms with Gasteiger partial charge >= 0.3 is 0 Å². The van der Waals surface area contributed by atoms with Crippen molar-refractivity contribution in [2.45, 2.75) is 43.6 Å². The zero-order valence-electron chi connectivity index (χ0n) is 13.4. The van der Waals surface area contributed by atoms with Crippen LogP contribution in [0.3, 0.4) is 0 Å². The molecule has 1 aliphatic carbocycles.